The maximum absolute atomic E-state index is 12.6. The molecule has 1 saturated heterocycles. The molecule has 3 fully saturated rings. The Morgan fingerprint density at radius 2 is 2.00 bits per heavy atom. The number of carbonyl (C=O) groups excluding carboxylic acids is 1. The number of urea groups is 1. The molecule has 10 nitrogen and oxygen atoms in total. The molecule has 6 rings (SSSR count). The van der Waals surface area contributed by atoms with Gasteiger partial charge in [0.2, 0.25) is 0 Å². The molecule has 2 aliphatic carbocycles. The predicted octanol–water partition coefficient (Wildman–Crippen LogP) is 2.86. The number of H-pyrrole nitrogens is 1. The number of aromatic amines is 1. The minimum atomic E-state index is -0.293. The van der Waals surface area contributed by atoms with E-state index in [2.05, 4.69) is 36.3 Å². The normalized spacial score (nSPS) is 25.5. The first-order valence-electron chi connectivity index (χ1n) is 12.7. The van der Waals surface area contributed by atoms with E-state index in [0.29, 0.717) is 18.5 Å². The van der Waals surface area contributed by atoms with Gasteiger partial charge in [-0.3, -0.25) is 9.58 Å². The molecule has 3 aromatic heterocycles. The van der Waals surface area contributed by atoms with Gasteiger partial charge in [0, 0.05) is 61.6 Å². The van der Waals surface area contributed by atoms with Crippen molar-refractivity contribution in [2.45, 2.75) is 62.6 Å². The molecule has 4 heterocycles. The maximum Gasteiger partial charge on any atom is 0.317 e. The summed E-state index contributed by atoms with van der Waals surface area (Å²) >= 11 is 0. The van der Waals surface area contributed by atoms with E-state index in [0.717, 1.165) is 74.2 Å². The number of carbonyl (C=O) groups is 1. The van der Waals surface area contributed by atoms with Gasteiger partial charge in [-0.25, -0.2) is 14.8 Å². The van der Waals surface area contributed by atoms with E-state index in [1.807, 2.05) is 34.2 Å². The van der Waals surface area contributed by atoms with Gasteiger partial charge in [0.1, 0.15) is 12.0 Å². The van der Waals surface area contributed by atoms with Gasteiger partial charge in [-0.15, -0.1) is 0 Å². The van der Waals surface area contributed by atoms with Crippen LogP contribution in [0.1, 0.15) is 44.9 Å². The Kier molecular flexibility index (Phi) is 5.65. The number of rotatable bonds is 5. The number of piperazine rings is 1. The second-order valence-corrected chi connectivity index (χ2v) is 10.2. The van der Waals surface area contributed by atoms with Gasteiger partial charge < -0.3 is 15.2 Å². The van der Waals surface area contributed by atoms with E-state index in [9.17, 15) is 10.1 Å². The smallest absolute Gasteiger partial charge is 0.317 e. The summed E-state index contributed by atoms with van der Waals surface area (Å²) in [7, 11) is 0. The van der Waals surface area contributed by atoms with Crippen LogP contribution >= 0.6 is 0 Å². The van der Waals surface area contributed by atoms with Crippen LogP contribution in [0.15, 0.2) is 31.0 Å². The molecule has 2 amide bonds. The van der Waals surface area contributed by atoms with E-state index in [4.69, 9.17) is 0 Å². The highest BCUT2D eigenvalue weighted by molar-refractivity contribution is 5.90. The fourth-order valence-corrected chi connectivity index (χ4v) is 6.07. The fraction of sp³-hybridized carbons (Fsp3) is 0.560. The monoisotopic (exact) mass is 473 g/mol. The van der Waals surface area contributed by atoms with Crippen LogP contribution in [-0.2, 0) is 5.54 Å². The highest BCUT2D eigenvalue weighted by Gasteiger charge is 2.49. The van der Waals surface area contributed by atoms with Crippen molar-refractivity contribution in [3.8, 4) is 17.3 Å². The van der Waals surface area contributed by atoms with Crippen molar-refractivity contribution in [3.05, 3.63) is 31.0 Å². The number of aromatic nitrogens is 5. The molecular weight excluding hydrogens is 442 g/mol. The third-order valence-electron chi connectivity index (χ3n) is 8.14. The number of hydrogen-bond donors (Lipinski definition) is 2. The SMILES string of the molecule is N#CC[C@]1(n2cc(-c3ncnc4[nH]ccc34)cn2)C[C@H](N2CCN(C(=O)NC3CCCC3)CC2)C1. The van der Waals surface area contributed by atoms with Gasteiger partial charge in [-0.05, 0) is 31.7 Å². The Morgan fingerprint density at radius 1 is 1.20 bits per heavy atom. The summed E-state index contributed by atoms with van der Waals surface area (Å²) < 4.78 is 1.98. The zero-order valence-electron chi connectivity index (χ0n) is 19.9. The summed E-state index contributed by atoms with van der Waals surface area (Å²) in [6.45, 7) is 3.27. The molecule has 1 aliphatic heterocycles. The van der Waals surface area contributed by atoms with Crippen LogP contribution in [0.25, 0.3) is 22.3 Å². The average Bonchev–Trinajstić information content (AvgIpc) is 3.63. The number of nitrogens with zero attached hydrogens (tertiary/aromatic N) is 7. The highest BCUT2D eigenvalue weighted by Crippen LogP contribution is 2.45. The third kappa shape index (κ3) is 4.04. The minimum absolute atomic E-state index is 0.0920. The molecular formula is C25H31N9O. The van der Waals surface area contributed by atoms with Gasteiger partial charge in [0.25, 0.3) is 0 Å². The number of fused-ring (bicyclic) bond motifs is 1. The number of nitriles is 1. The summed E-state index contributed by atoms with van der Waals surface area (Å²) in [5.41, 5.74) is 2.28. The third-order valence-corrected chi connectivity index (χ3v) is 8.14. The Bertz CT molecular complexity index is 1240. The minimum Gasteiger partial charge on any atom is -0.346 e. The lowest BCUT2D eigenvalue weighted by Crippen LogP contribution is -2.61. The second-order valence-electron chi connectivity index (χ2n) is 10.2. The molecule has 3 aromatic rings. The Morgan fingerprint density at radius 3 is 2.77 bits per heavy atom. The lowest BCUT2D eigenvalue weighted by atomic mass is 9.70. The van der Waals surface area contributed by atoms with Crippen molar-refractivity contribution in [1.29, 1.82) is 5.26 Å². The van der Waals surface area contributed by atoms with Gasteiger partial charge in [0.05, 0.1) is 29.9 Å². The molecule has 0 aromatic carbocycles. The van der Waals surface area contributed by atoms with Crippen molar-refractivity contribution in [1.82, 2.24) is 39.8 Å². The van der Waals surface area contributed by atoms with Crippen LogP contribution in [0.3, 0.4) is 0 Å². The van der Waals surface area contributed by atoms with Crippen molar-refractivity contribution < 1.29 is 4.79 Å². The maximum atomic E-state index is 12.6. The molecule has 0 atom stereocenters. The Balaban J connectivity index is 1.10. The zero-order chi connectivity index (χ0) is 23.8. The van der Waals surface area contributed by atoms with E-state index >= 15 is 0 Å². The molecule has 3 aliphatic rings. The van der Waals surface area contributed by atoms with E-state index in [1.54, 1.807) is 6.33 Å². The lowest BCUT2D eigenvalue weighted by Gasteiger charge is -2.52. The summed E-state index contributed by atoms with van der Waals surface area (Å²) in [5, 5.41) is 18.4. The molecule has 2 saturated carbocycles. The van der Waals surface area contributed by atoms with Crippen LogP contribution in [0, 0.1) is 11.3 Å². The molecule has 0 radical (unpaired) electrons. The van der Waals surface area contributed by atoms with E-state index in [-0.39, 0.29) is 11.6 Å². The van der Waals surface area contributed by atoms with E-state index < -0.39 is 0 Å². The molecule has 0 bridgehead atoms. The van der Waals surface area contributed by atoms with E-state index in [1.165, 1.54) is 12.8 Å². The first-order valence-corrected chi connectivity index (χ1v) is 12.7. The van der Waals surface area contributed by atoms with Crippen molar-refractivity contribution in [2.24, 2.45) is 0 Å². The quantitative estimate of drug-likeness (QED) is 0.588. The van der Waals surface area contributed by atoms with Crippen LogP contribution in [0.2, 0.25) is 0 Å². The van der Waals surface area contributed by atoms with Crippen LogP contribution in [-0.4, -0.2) is 78.8 Å². The van der Waals surface area contributed by atoms with Crippen molar-refractivity contribution in [2.75, 3.05) is 26.2 Å². The summed E-state index contributed by atoms with van der Waals surface area (Å²) in [6.07, 6.45) is 14.1. The van der Waals surface area contributed by atoms with Crippen molar-refractivity contribution in [3.63, 3.8) is 0 Å². The Labute approximate surface area is 204 Å². The molecule has 35 heavy (non-hydrogen) atoms. The first kappa shape index (κ1) is 22.0. The summed E-state index contributed by atoms with van der Waals surface area (Å²) in [4.78, 5) is 28.9. The predicted molar refractivity (Wildman–Crippen MR) is 130 cm³/mol. The average molecular weight is 474 g/mol. The van der Waals surface area contributed by atoms with Gasteiger partial charge >= 0.3 is 6.03 Å². The molecule has 2 N–H and O–H groups in total. The highest BCUT2D eigenvalue weighted by atomic mass is 16.2. The standard InChI is InChI=1S/C25H31N9O/c26-7-6-25(34-16-18(15-30-34)22-21-5-8-27-23(21)29-17-28-22)13-20(14-25)32-9-11-33(12-10-32)24(35)31-19-3-1-2-4-19/h5,8,15-17,19-20H,1-4,6,9-14H2,(H,31,35)(H,27,28,29)/t20-,25-. The molecule has 10 heteroatoms. The van der Waals surface area contributed by atoms with Gasteiger partial charge in [0.15, 0.2) is 0 Å². The zero-order valence-corrected chi connectivity index (χ0v) is 19.9. The molecule has 182 valence electrons. The van der Waals surface area contributed by atoms with Crippen LogP contribution in [0.4, 0.5) is 4.79 Å². The fourth-order valence-electron chi connectivity index (χ4n) is 6.07. The molecule has 0 spiro atoms. The van der Waals surface area contributed by atoms with Gasteiger partial charge in [-0.2, -0.15) is 10.4 Å². The Hall–Kier alpha value is -3.45. The number of hydrogen-bond acceptors (Lipinski definition) is 6. The second kappa shape index (κ2) is 8.96. The van der Waals surface area contributed by atoms with Gasteiger partial charge in [-0.1, -0.05) is 12.8 Å². The first-order chi connectivity index (χ1) is 17.1. The molecule has 0 unspecified atom stereocenters. The number of amides is 2. The van der Waals surface area contributed by atoms with Crippen LogP contribution < -0.4 is 5.32 Å². The largest absolute Gasteiger partial charge is 0.346 e. The summed E-state index contributed by atoms with van der Waals surface area (Å²) in [6, 6.07) is 5.22. The topological polar surface area (TPSA) is 119 Å². The lowest BCUT2D eigenvalue weighted by molar-refractivity contribution is -0.0130. The van der Waals surface area contributed by atoms with Crippen LogP contribution in [0.5, 0.6) is 0 Å². The summed E-state index contributed by atoms with van der Waals surface area (Å²) in [5.74, 6) is 0. The van der Waals surface area contributed by atoms with Crippen molar-refractivity contribution >= 4 is 17.1 Å². The number of nitrogens with one attached hydrogen (secondary N) is 2.